The molecule has 1 aromatic carbocycles. The van der Waals surface area contributed by atoms with Crippen molar-refractivity contribution in [3.63, 3.8) is 0 Å². The maximum Gasteiger partial charge on any atom is 0.174 e. The number of aryl methyl sites for hydroxylation is 2. The van der Waals surface area contributed by atoms with Gasteiger partial charge in [0.2, 0.25) is 0 Å². The van der Waals surface area contributed by atoms with Gasteiger partial charge in [-0.05, 0) is 50.5 Å². The van der Waals surface area contributed by atoms with Crippen LogP contribution in [-0.2, 0) is 6.54 Å². The highest BCUT2D eigenvalue weighted by atomic mass is 19.2. The lowest BCUT2D eigenvalue weighted by atomic mass is 10.0. The Morgan fingerprint density at radius 1 is 1.07 bits per heavy atom. The Balaban J connectivity index is 1.34. The van der Waals surface area contributed by atoms with Gasteiger partial charge in [-0.2, -0.15) is 5.10 Å². The molecule has 0 spiro atoms. The molecule has 0 aliphatic carbocycles. The first-order valence-electron chi connectivity index (χ1n) is 9.76. The number of rotatable bonds is 5. The van der Waals surface area contributed by atoms with Gasteiger partial charge in [0.25, 0.3) is 0 Å². The summed E-state index contributed by atoms with van der Waals surface area (Å²) in [5, 5.41) is 7.93. The fraction of sp³-hybridized carbons (Fsp3) is 0.381. The highest BCUT2D eigenvalue weighted by Gasteiger charge is 2.20. The van der Waals surface area contributed by atoms with Crippen LogP contribution >= 0.6 is 0 Å². The Bertz CT molecular complexity index is 995. The summed E-state index contributed by atoms with van der Waals surface area (Å²) in [5.41, 5.74) is 2.74. The van der Waals surface area contributed by atoms with E-state index in [0.29, 0.717) is 18.4 Å². The number of anilines is 1. The van der Waals surface area contributed by atoms with E-state index in [2.05, 4.69) is 25.3 Å². The van der Waals surface area contributed by atoms with Crippen molar-refractivity contribution in [2.45, 2.75) is 39.3 Å². The van der Waals surface area contributed by atoms with Crippen LogP contribution in [0.3, 0.4) is 0 Å². The van der Waals surface area contributed by atoms with Crippen molar-refractivity contribution in [3.8, 4) is 5.82 Å². The maximum absolute atomic E-state index is 13.4. The van der Waals surface area contributed by atoms with E-state index in [0.717, 1.165) is 48.7 Å². The zero-order chi connectivity index (χ0) is 20.4. The smallest absolute Gasteiger partial charge is 0.174 e. The van der Waals surface area contributed by atoms with Crippen LogP contribution in [-0.4, -0.2) is 43.8 Å². The van der Waals surface area contributed by atoms with Crippen LogP contribution in [0.4, 0.5) is 14.6 Å². The van der Waals surface area contributed by atoms with Crippen LogP contribution in [0.15, 0.2) is 36.7 Å². The molecule has 1 aliphatic heterocycles. The van der Waals surface area contributed by atoms with E-state index in [-0.39, 0.29) is 0 Å². The van der Waals surface area contributed by atoms with E-state index in [1.165, 1.54) is 12.1 Å². The molecule has 0 amide bonds. The molecule has 6 nitrogen and oxygen atoms in total. The lowest BCUT2D eigenvalue weighted by Gasteiger charge is -2.32. The normalized spacial score (nSPS) is 15.6. The number of hydrogen-bond donors (Lipinski definition) is 1. The Kier molecular flexibility index (Phi) is 5.53. The van der Waals surface area contributed by atoms with Gasteiger partial charge in [0.15, 0.2) is 17.5 Å². The van der Waals surface area contributed by atoms with Crippen molar-refractivity contribution < 1.29 is 8.78 Å². The SMILES string of the molecule is Cc1cc(C)n(-c2cncc(NC3CCN(Cc4ccc(F)c(F)c4)CC3)n2)n1. The zero-order valence-corrected chi connectivity index (χ0v) is 16.6. The maximum atomic E-state index is 13.4. The second-order valence-corrected chi connectivity index (χ2v) is 7.54. The van der Waals surface area contributed by atoms with Gasteiger partial charge in [-0.15, -0.1) is 0 Å². The molecule has 29 heavy (non-hydrogen) atoms. The third kappa shape index (κ3) is 4.59. The van der Waals surface area contributed by atoms with E-state index in [4.69, 9.17) is 0 Å². The standard InChI is InChI=1S/C21H24F2N6/c1-14-9-15(2)29(27-14)21-12-24-11-20(26-21)25-17-5-7-28(8-6-17)13-16-3-4-18(22)19(23)10-16/h3-4,9-12,17H,5-8,13H2,1-2H3,(H,25,26). The summed E-state index contributed by atoms with van der Waals surface area (Å²) in [4.78, 5) is 11.2. The molecule has 0 bridgehead atoms. The molecule has 152 valence electrons. The number of piperidine rings is 1. The Morgan fingerprint density at radius 2 is 1.86 bits per heavy atom. The highest BCUT2D eigenvalue weighted by molar-refractivity contribution is 5.37. The van der Waals surface area contributed by atoms with E-state index >= 15 is 0 Å². The van der Waals surface area contributed by atoms with Crippen LogP contribution in [0.2, 0.25) is 0 Å². The van der Waals surface area contributed by atoms with Crippen LogP contribution in [0.5, 0.6) is 0 Å². The summed E-state index contributed by atoms with van der Waals surface area (Å²) in [5.74, 6) is -0.175. The number of aromatic nitrogens is 4. The van der Waals surface area contributed by atoms with Gasteiger partial charge in [-0.25, -0.2) is 18.4 Å². The van der Waals surface area contributed by atoms with Gasteiger partial charge in [0.05, 0.1) is 18.1 Å². The Hall–Kier alpha value is -2.87. The highest BCUT2D eigenvalue weighted by Crippen LogP contribution is 2.19. The van der Waals surface area contributed by atoms with Gasteiger partial charge >= 0.3 is 0 Å². The lowest BCUT2D eigenvalue weighted by molar-refractivity contribution is 0.211. The second kappa shape index (κ2) is 8.24. The summed E-state index contributed by atoms with van der Waals surface area (Å²) in [7, 11) is 0. The van der Waals surface area contributed by atoms with Gasteiger partial charge in [0, 0.05) is 31.4 Å². The average molecular weight is 398 g/mol. The first kappa shape index (κ1) is 19.4. The fourth-order valence-corrected chi connectivity index (χ4v) is 3.73. The molecule has 8 heteroatoms. The van der Waals surface area contributed by atoms with Crippen LogP contribution < -0.4 is 5.32 Å². The van der Waals surface area contributed by atoms with Gasteiger partial charge in [-0.1, -0.05) is 6.07 Å². The number of halogens is 2. The minimum Gasteiger partial charge on any atom is -0.366 e. The molecule has 3 aromatic rings. The van der Waals surface area contributed by atoms with Crippen LogP contribution in [0.1, 0.15) is 29.8 Å². The second-order valence-electron chi connectivity index (χ2n) is 7.54. The summed E-state index contributed by atoms with van der Waals surface area (Å²) >= 11 is 0. The molecule has 0 unspecified atom stereocenters. The van der Waals surface area contributed by atoms with Crippen molar-refractivity contribution in [2.24, 2.45) is 0 Å². The third-order valence-electron chi connectivity index (χ3n) is 5.18. The number of likely N-dealkylation sites (tertiary alicyclic amines) is 1. The molecular weight excluding hydrogens is 374 g/mol. The summed E-state index contributed by atoms with van der Waals surface area (Å²) in [6.07, 6.45) is 5.31. The van der Waals surface area contributed by atoms with E-state index in [9.17, 15) is 8.78 Å². The van der Waals surface area contributed by atoms with Gasteiger partial charge < -0.3 is 5.32 Å². The Labute approximate surface area is 168 Å². The molecule has 0 radical (unpaired) electrons. The topological polar surface area (TPSA) is 58.9 Å². The predicted octanol–water partition coefficient (Wildman–Crippen LogP) is 3.63. The number of hydrogen-bond acceptors (Lipinski definition) is 5. The summed E-state index contributed by atoms with van der Waals surface area (Å²) in [6, 6.07) is 6.40. The number of nitrogens with one attached hydrogen (secondary N) is 1. The number of benzene rings is 1. The molecular formula is C21H24F2N6. The molecule has 3 heterocycles. The average Bonchev–Trinajstić information content (AvgIpc) is 3.05. The van der Waals surface area contributed by atoms with Crippen LogP contribution in [0, 0.1) is 25.5 Å². The molecule has 4 rings (SSSR count). The molecule has 1 fully saturated rings. The Morgan fingerprint density at radius 3 is 2.55 bits per heavy atom. The van der Waals surface area contributed by atoms with Crippen LogP contribution in [0.25, 0.3) is 5.82 Å². The van der Waals surface area contributed by atoms with E-state index in [1.54, 1.807) is 23.1 Å². The van der Waals surface area contributed by atoms with E-state index in [1.807, 2.05) is 19.9 Å². The first-order chi connectivity index (χ1) is 14.0. The fourth-order valence-electron chi connectivity index (χ4n) is 3.73. The summed E-state index contributed by atoms with van der Waals surface area (Å²) < 4.78 is 28.3. The van der Waals surface area contributed by atoms with Crippen molar-refractivity contribution in [2.75, 3.05) is 18.4 Å². The van der Waals surface area contributed by atoms with E-state index < -0.39 is 11.6 Å². The minimum absolute atomic E-state index is 0.293. The molecule has 1 aliphatic rings. The molecule has 1 saturated heterocycles. The van der Waals surface area contributed by atoms with Crippen molar-refractivity contribution in [1.82, 2.24) is 24.6 Å². The van der Waals surface area contributed by atoms with Crippen molar-refractivity contribution in [3.05, 3.63) is 65.2 Å². The number of nitrogens with zero attached hydrogens (tertiary/aromatic N) is 5. The quantitative estimate of drug-likeness (QED) is 0.711. The minimum atomic E-state index is -0.805. The van der Waals surface area contributed by atoms with Gasteiger partial charge in [0.1, 0.15) is 5.82 Å². The summed E-state index contributed by atoms with van der Waals surface area (Å²) in [6.45, 7) is 6.32. The largest absolute Gasteiger partial charge is 0.366 e. The van der Waals surface area contributed by atoms with Crippen molar-refractivity contribution in [1.29, 1.82) is 0 Å². The molecule has 0 saturated carbocycles. The molecule has 2 aromatic heterocycles. The van der Waals surface area contributed by atoms with Gasteiger partial charge in [-0.3, -0.25) is 9.88 Å². The zero-order valence-electron chi connectivity index (χ0n) is 16.6. The molecule has 1 N–H and O–H groups in total. The first-order valence-corrected chi connectivity index (χ1v) is 9.76. The monoisotopic (exact) mass is 398 g/mol. The predicted molar refractivity (Wildman–Crippen MR) is 107 cm³/mol. The third-order valence-corrected chi connectivity index (χ3v) is 5.18. The molecule has 0 atom stereocenters. The van der Waals surface area contributed by atoms with Crippen molar-refractivity contribution >= 4 is 5.82 Å². The lowest BCUT2D eigenvalue weighted by Crippen LogP contribution is -2.38.